The van der Waals surface area contributed by atoms with Crippen LogP contribution in [0.4, 0.5) is 4.39 Å². The summed E-state index contributed by atoms with van der Waals surface area (Å²) in [5, 5.41) is 2.85. The molecular weight excluding hydrogens is 363 g/mol. The van der Waals surface area contributed by atoms with E-state index in [1.54, 1.807) is 38.6 Å². The van der Waals surface area contributed by atoms with Crippen LogP contribution in [0.1, 0.15) is 17.9 Å². The zero-order valence-electron chi connectivity index (χ0n) is 15.7. The van der Waals surface area contributed by atoms with Crippen LogP contribution in [-0.2, 0) is 17.8 Å². The number of halogens is 1. The molecule has 146 valence electrons. The molecule has 3 aromatic rings. The summed E-state index contributed by atoms with van der Waals surface area (Å²) in [4.78, 5) is 16.3. The third-order valence-electron chi connectivity index (χ3n) is 4.21. The average Bonchev–Trinajstić information content (AvgIpc) is 3.19. The van der Waals surface area contributed by atoms with Crippen molar-refractivity contribution in [3.05, 3.63) is 65.9 Å². The fourth-order valence-electron chi connectivity index (χ4n) is 2.77. The fraction of sp³-hybridized carbons (Fsp3) is 0.238. The number of rotatable bonds is 8. The normalized spacial score (nSPS) is 10.5. The first-order valence-electron chi connectivity index (χ1n) is 8.78. The van der Waals surface area contributed by atoms with Crippen LogP contribution < -0.4 is 14.8 Å². The second-order valence-corrected chi connectivity index (χ2v) is 6.05. The van der Waals surface area contributed by atoms with Crippen LogP contribution in [0.2, 0.25) is 0 Å². The third kappa shape index (κ3) is 4.68. The van der Waals surface area contributed by atoms with E-state index in [1.165, 1.54) is 12.1 Å². The van der Waals surface area contributed by atoms with Crippen LogP contribution in [0, 0.1) is 5.82 Å². The zero-order chi connectivity index (χ0) is 19.9. The zero-order valence-corrected chi connectivity index (χ0v) is 15.7. The Bertz CT molecular complexity index is 938. The number of amides is 1. The van der Waals surface area contributed by atoms with Gasteiger partial charge in [0, 0.05) is 30.5 Å². The van der Waals surface area contributed by atoms with Gasteiger partial charge in [-0.15, -0.1) is 0 Å². The molecular formula is C21H21FN2O4. The third-order valence-corrected chi connectivity index (χ3v) is 4.21. The van der Waals surface area contributed by atoms with E-state index in [0.29, 0.717) is 36.1 Å². The maximum Gasteiger partial charge on any atom is 0.220 e. The summed E-state index contributed by atoms with van der Waals surface area (Å²) in [5.74, 6) is 1.76. The lowest BCUT2D eigenvalue weighted by atomic mass is 10.1. The molecule has 28 heavy (non-hydrogen) atoms. The highest BCUT2D eigenvalue weighted by Gasteiger charge is 2.12. The molecule has 0 aliphatic heterocycles. The van der Waals surface area contributed by atoms with Gasteiger partial charge >= 0.3 is 0 Å². The van der Waals surface area contributed by atoms with E-state index in [2.05, 4.69) is 10.3 Å². The molecule has 0 saturated carbocycles. The van der Waals surface area contributed by atoms with Gasteiger partial charge in [0.05, 0.1) is 20.4 Å². The van der Waals surface area contributed by atoms with Gasteiger partial charge in [-0.2, -0.15) is 0 Å². The number of hydrogen-bond acceptors (Lipinski definition) is 5. The molecule has 0 bridgehead atoms. The number of para-hydroxylation sites is 1. The lowest BCUT2D eigenvalue weighted by Gasteiger charge is -2.13. The van der Waals surface area contributed by atoms with Crippen LogP contribution in [0.15, 0.2) is 53.1 Å². The molecule has 0 atom stereocenters. The molecule has 1 amide bonds. The van der Waals surface area contributed by atoms with Crippen molar-refractivity contribution in [2.45, 2.75) is 19.4 Å². The topological polar surface area (TPSA) is 73.6 Å². The van der Waals surface area contributed by atoms with Crippen molar-refractivity contribution in [3.8, 4) is 22.8 Å². The van der Waals surface area contributed by atoms with Crippen molar-refractivity contribution < 1.29 is 23.1 Å². The molecule has 3 rings (SSSR count). The van der Waals surface area contributed by atoms with Crippen LogP contribution in [0.25, 0.3) is 11.3 Å². The molecule has 1 N–H and O–H groups in total. The summed E-state index contributed by atoms with van der Waals surface area (Å²) in [5.41, 5.74) is 1.56. The highest BCUT2D eigenvalue weighted by molar-refractivity contribution is 5.76. The maximum atomic E-state index is 13.0. The lowest BCUT2D eigenvalue weighted by Crippen LogP contribution is -2.23. The van der Waals surface area contributed by atoms with Gasteiger partial charge in [-0.1, -0.05) is 12.1 Å². The number of aromatic nitrogens is 1. The molecule has 1 aromatic heterocycles. The number of nitrogens with one attached hydrogen (secondary N) is 1. The number of hydrogen-bond donors (Lipinski definition) is 1. The Morgan fingerprint density at radius 1 is 1.14 bits per heavy atom. The first-order valence-corrected chi connectivity index (χ1v) is 8.78. The van der Waals surface area contributed by atoms with Crippen molar-refractivity contribution in [2.75, 3.05) is 14.2 Å². The van der Waals surface area contributed by atoms with E-state index in [0.717, 1.165) is 11.1 Å². The van der Waals surface area contributed by atoms with E-state index < -0.39 is 0 Å². The van der Waals surface area contributed by atoms with E-state index in [4.69, 9.17) is 13.9 Å². The lowest BCUT2D eigenvalue weighted by molar-refractivity contribution is -0.121. The first kappa shape index (κ1) is 19.4. The number of aryl methyl sites for hydroxylation is 1. The molecule has 0 unspecified atom stereocenters. The van der Waals surface area contributed by atoms with Crippen molar-refractivity contribution in [1.82, 2.24) is 10.3 Å². The van der Waals surface area contributed by atoms with Crippen molar-refractivity contribution in [2.24, 2.45) is 0 Å². The van der Waals surface area contributed by atoms with Gasteiger partial charge in [-0.25, -0.2) is 9.37 Å². The van der Waals surface area contributed by atoms with E-state index in [1.807, 2.05) is 12.1 Å². The highest BCUT2D eigenvalue weighted by atomic mass is 19.1. The number of ether oxygens (including phenoxy) is 2. The minimum atomic E-state index is -0.312. The van der Waals surface area contributed by atoms with E-state index in [9.17, 15) is 9.18 Å². The largest absolute Gasteiger partial charge is 0.493 e. The quantitative estimate of drug-likeness (QED) is 0.640. The average molecular weight is 384 g/mol. The molecule has 0 fully saturated rings. The van der Waals surface area contributed by atoms with Crippen molar-refractivity contribution >= 4 is 5.91 Å². The first-order chi connectivity index (χ1) is 13.6. The van der Waals surface area contributed by atoms with Gasteiger partial charge in [0.2, 0.25) is 5.91 Å². The predicted molar refractivity (Wildman–Crippen MR) is 102 cm³/mol. The molecule has 6 nitrogen and oxygen atoms in total. The molecule has 2 aromatic carbocycles. The van der Waals surface area contributed by atoms with Crippen LogP contribution >= 0.6 is 0 Å². The van der Waals surface area contributed by atoms with Crippen LogP contribution in [0.3, 0.4) is 0 Å². The monoisotopic (exact) mass is 384 g/mol. The number of benzene rings is 2. The summed E-state index contributed by atoms with van der Waals surface area (Å²) >= 11 is 0. The number of carbonyl (C=O) groups excluding carboxylic acids is 1. The molecule has 0 saturated heterocycles. The summed E-state index contributed by atoms with van der Waals surface area (Å²) in [7, 11) is 3.13. The van der Waals surface area contributed by atoms with Gasteiger partial charge in [-0.05, 0) is 30.3 Å². The Balaban J connectivity index is 1.53. The van der Waals surface area contributed by atoms with Gasteiger partial charge in [0.15, 0.2) is 23.1 Å². The Kier molecular flexibility index (Phi) is 6.26. The number of carbonyl (C=O) groups is 1. The van der Waals surface area contributed by atoms with E-state index >= 15 is 0 Å². The Morgan fingerprint density at radius 3 is 2.64 bits per heavy atom. The molecule has 0 spiro atoms. The standard InChI is InChI=1S/C21H21FN2O4/c1-26-17-5-3-4-15(21(17)27-2)12-23-19(25)10-11-20-24-13-18(28-20)14-6-8-16(22)9-7-14/h3-9,13H,10-12H2,1-2H3,(H,23,25). The number of oxazole rings is 1. The van der Waals surface area contributed by atoms with Gasteiger partial charge in [-0.3, -0.25) is 4.79 Å². The summed E-state index contributed by atoms with van der Waals surface area (Å²) < 4.78 is 29.2. The van der Waals surface area contributed by atoms with Gasteiger partial charge in [0.25, 0.3) is 0 Å². The Labute approximate surface area is 162 Å². The molecule has 1 heterocycles. The maximum absolute atomic E-state index is 13.0. The smallest absolute Gasteiger partial charge is 0.220 e. The van der Waals surface area contributed by atoms with Crippen LogP contribution in [0.5, 0.6) is 11.5 Å². The minimum Gasteiger partial charge on any atom is -0.493 e. The Hall–Kier alpha value is -3.35. The second kappa shape index (κ2) is 9.03. The molecule has 0 radical (unpaired) electrons. The van der Waals surface area contributed by atoms with E-state index in [-0.39, 0.29) is 18.1 Å². The number of methoxy groups -OCH3 is 2. The summed E-state index contributed by atoms with van der Waals surface area (Å²) in [6.07, 6.45) is 2.17. The van der Waals surface area contributed by atoms with Crippen molar-refractivity contribution in [1.29, 1.82) is 0 Å². The SMILES string of the molecule is COc1cccc(CNC(=O)CCc2ncc(-c3ccc(F)cc3)o2)c1OC. The Morgan fingerprint density at radius 2 is 1.93 bits per heavy atom. The summed E-state index contributed by atoms with van der Waals surface area (Å²) in [6, 6.07) is 11.5. The highest BCUT2D eigenvalue weighted by Crippen LogP contribution is 2.30. The minimum absolute atomic E-state index is 0.133. The molecule has 7 heteroatoms. The molecule has 0 aliphatic carbocycles. The second-order valence-electron chi connectivity index (χ2n) is 6.05. The fourth-order valence-corrected chi connectivity index (χ4v) is 2.77. The molecule has 0 aliphatic rings. The number of nitrogens with zero attached hydrogens (tertiary/aromatic N) is 1. The van der Waals surface area contributed by atoms with Crippen LogP contribution in [-0.4, -0.2) is 25.1 Å². The predicted octanol–water partition coefficient (Wildman–Crippen LogP) is 3.75. The van der Waals surface area contributed by atoms with Crippen molar-refractivity contribution in [3.63, 3.8) is 0 Å². The van der Waals surface area contributed by atoms with Gasteiger partial charge in [0.1, 0.15) is 5.82 Å². The van der Waals surface area contributed by atoms with Gasteiger partial charge < -0.3 is 19.2 Å². The summed E-state index contributed by atoms with van der Waals surface area (Å²) in [6.45, 7) is 0.325.